The van der Waals surface area contributed by atoms with E-state index in [-0.39, 0.29) is 11.8 Å². The zero-order valence-electron chi connectivity index (χ0n) is 23.9. The molecule has 2 saturated heterocycles. The first-order valence-electron chi connectivity index (χ1n) is 15.3. The number of aryl methyl sites for hydroxylation is 2. The van der Waals surface area contributed by atoms with Gasteiger partial charge in [0.05, 0.1) is 37.9 Å². The predicted molar refractivity (Wildman–Crippen MR) is 161 cm³/mol. The minimum absolute atomic E-state index is 0.0390. The highest BCUT2D eigenvalue weighted by Gasteiger charge is 2.32. The van der Waals surface area contributed by atoms with Crippen LogP contribution in [-0.4, -0.2) is 75.8 Å². The van der Waals surface area contributed by atoms with Crippen molar-refractivity contribution < 1.29 is 19.1 Å². The number of ether oxygens (including phenoxy) is 2. The van der Waals surface area contributed by atoms with Crippen LogP contribution in [0.3, 0.4) is 0 Å². The molecule has 220 valence electrons. The normalized spacial score (nSPS) is 24.8. The van der Waals surface area contributed by atoms with Gasteiger partial charge in [-0.1, -0.05) is 12.1 Å². The SMILES string of the molecule is O=C1C[C@@H]2CCc3cc(N4CCOCC4)ccc3C2=NN1.O=C1C[C@H]2CCc3cc(N4CCOCC4)ccc3C2=NN1. The lowest BCUT2D eigenvalue weighted by atomic mass is 9.79. The van der Waals surface area contributed by atoms with Crippen LogP contribution in [0.4, 0.5) is 11.4 Å². The molecule has 0 spiro atoms. The maximum atomic E-state index is 11.5. The van der Waals surface area contributed by atoms with Gasteiger partial charge in [-0.25, -0.2) is 10.9 Å². The van der Waals surface area contributed by atoms with Gasteiger partial charge in [0, 0.05) is 73.4 Å². The Morgan fingerprint density at radius 2 is 1.07 bits per heavy atom. The highest BCUT2D eigenvalue weighted by molar-refractivity contribution is 6.08. The van der Waals surface area contributed by atoms with Gasteiger partial charge in [0.25, 0.3) is 0 Å². The molecule has 4 heterocycles. The van der Waals surface area contributed by atoms with E-state index in [1.807, 2.05) is 0 Å². The van der Waals surface area contributed by atoms with Crippen molar-refractivity contribution >= 4 is 34.6 Å². The summed E-state index contributed by atoms with van der Waals surface area (Å²) in [6, 6.07) is 13.3. The fourth-order valence-electron chi connectivity index (χ4n) is 6.97. The molecule has 2 fully saturated rings. The summed E-state index contributed by atoms with van der Waals surface area (Å²) in [4.78, 5) is 27.7. The second kappa shape index (κ2) is 11.9. The standard InChI is InChI=1S/2C16H19N3O2/c2*20-15-10-12-2-1-11-9-13(19-5-7-21-8-6-19)3-4-14(11)16(12)18-17-15/h2*3-4,9,12H,1-2,5-8,10H2,(H,17,20)/t2*12-/m10/s1. The number of nitrogens with one attached hydrogen (secondary N) is 2. The van der Waals surface area contributed by atoms with Gasteiger partial charge in [0.15, 0.2) is 0 Å². The van der Waals surface area contributed by atoms with Crippen molar-refractivity contribution in [2.45, 2.75) is 38.5 Å². The molecule has 0 unspecified atom stereocenters. The second-order valence-electron chi connectivity index (χ2n) is 11.8. The number of amides is 2. The number of anilines is 2. The fraction of sp³-hybridized carbons (Fsp3) is 0.500. The highest BCUT2D eigenvalue weighted by atomic mass is 16.5. The number of carbonyl (C=O) groups excluding carboxylic acids is 2. The summed E-state index contributed by atoms with van der Waals surface area (Å²) in [5.74, 6) is 0.662. The summed E-state index contributed by atoms with van der Waals surface area (Å²) in [5.41, 5.74) is 15.0. The van der Waals surface area contributed by atoms with Crippen molar-refractivity contribution in [1.82, 2.24) is 10.9 Å². The van der Waals surface area contributed by atoms with Gasteiger partial charge in [-0.3, -0.25) is 9.59 Å². The fourth-order valence-corrected chi connectivity index (χ4v) is 6.97. The van der Waals surface area contributed by atoms with Crippen LogP contribution in [0.1, 0.15) is 47.9 Å². The van der Waals surface area contributed by atoms with Crippen LogP contribution in [0.25, 0.3) is 0 Å². The monoisotopic (exact) mass is 570 g/mol. The van der Waals surface area contributed by atoms with Crippen LogP contribution in [0, 0.1) is 11.8 Å². The lowest BCUT2D eigenvalue weighted by molar-refractivity contribution is -0.122. The molecule has 0 bridgehead atoms. The van der Waals surface area contributed by atoms with Crippen LogP contribution in [0.2, 0.25) is 0 Å². The van der Waals surface area contributed by atoms with E-state index >= 15 is 0 Å². The number of hydrazone groups is 2. The van der Waals surface area contributed by atoms with E-state index in [2.05, 4.69) is 67.3 Å². The Balaban J connectivity index is 0.000000137. The molecular formula is C32H38N6O4. The molecule has 42 heavy (non-hydrogen) atoms. The molecular weight excluding hydrogens is 532 g/mol. The van der Waals surface area contributed by atoms with E-state index in [0.29, 0.717) is 24.7 Å². The largest absolute Gasteiger partial charge is 0.378 e. The third-order valence-electron chi connectivity index (χ3n) is 9.25. The number of nitrogens with zero attached hydrogens (tertiary/aromatic N) is 4. The molecule has 8 rings (SSSR count). The molecule has 0 aromatic heterocycles. The molecule has 0 radical (unpaired) electrons. The Kier molecular flexibility index (Phi) is 7.65. The van der Waals surface area contributed by atoms with Gasteiger partial charge in [0.2, 0.25) is 11.8 Å². The van der Waals surface area contributed by atoms with Crippen LogP contribution < -0.4 is 20.7 Å². The van der Waals surface area contributed by atoms with Gasteiger partial charge >= 0.3 is 0 Å². The molecule has 4 aliphatic heterocycles. The van der Waals surface area contributed by atoms with Gasteiger partial charge in [-0.05, 0) is 61.1 Å². The molecule has 6 aliphatic rings. The molecule has 10 nitrogen and oxygen atoms in total. The van der Waals surface area contributed by atoms with E-state index in [9.17, 15) is 9.59 Å². The van der Waals surface area contributed by atoms with Crippen LogP contribution in [0.5, 0.6) is 0 Å². The lowest BCUT2D eigenvalue weighted by Gasteiger charge is -2.32. The molecule has 2 aromatic carbocycles. The third kappa shape index (κ3) is 5.53. The molecule has 2 N–H and O–H groups in total. The first kappa shape index (κ1) is 27.1. The van der Waals surface area contributed by atoms with Crippen molar-refractivity contribution in [1.29, 1.82) is 0 Å². The minimum atomic E-state index is 0.0390. The number of morpholine rings is 2. The van der Waals surface area contributed by atoms with E-state index in [0.717, 1.165) is 89.7 Å². The Labute approximate surface area is 246 Å². The van der Waals surface area contributed by atoms with E-state index in [4.69, 9.17) is 9.47 Å². The average molecular weight is 571 g/mol. The summed E-state index contributed by atoms with van der Waals surface area (Å²) < 4.78 is 10.8. The summed E-state index contributed by atoms with van der Waals surface area (Å²) in [7, 11) is 0. The number of carbonyl (C=O) groups is 2. The Bertz CT molecular complexity index is 1320. The Morgan fingerprint density at radius 3 is 1.50 bits per heavy atom. The van der Waals surface area contributed by atoms with Gasteiger partial charge in [0.1, 0.15) is 0 Å². The van der Waals surface area contributed by atoms with Crippen LogP contribution >= 0.6 is 0 Å². The number of rotatable bonds is 2. The summed E-state index contributed by atoms with van der Waals surface area (Å²) in [5, 5.41) is 8.60. The smallest absolute Gasteiger partial charge is 0.240 e. The second-order valence-corrected chi connectivity index (χ2v) is 11.8. The number of hydrogen-bond acceptors (Lipinski definition) is 8. The van der Waals surface area contributed by atoms with Crippen LogP contribution in [-0.2, 0) is 31.9 Å². The summed E-state index contributed by atoms with van der Waals surface area (Å²) in [6.07, 6.45) is 5.25. The quantitative estimate of drug-likeness (QED) is 0.575. The minimum Gasteiger partial charge on any atom is -0.378 e. The van der Waals surface area contributed by atoms with Crippen molar-refractivity contribution in [3.63, 3.8) is 0 Å². The molecule has 2 atom stereocenters. The predicted octanol–water partition coefficient (Wildman–Crippen LogP) is 2.62. The highest BCUT2D eigenvalue weighted by Crippen LogP contribution is 2.34. The zero-order valence-corrected chi connectivity index (χ0v) is 23.9. The average Bonchev–Trinajstić information content (AvgIpc) is 3.05. The first-order valence-corrected chi connectivity index (χ1v) is 15.3. The molecule has 2 aromatic rings. The lowest BCUT2D eigenvalue weighted by Crippen LogP contribution is -2.37. The summed E-state index contributed by atoms with van der Waals surface area (Å²) >= 11 is 0. The summed E-state index contributed by atoms with van der Waals surface area (Å²) in [6.45, 7) is 7.04. The van der Waals surface area contributed by atoms with Crippen molar-refractivity contribution in [3.05, 3.63) is 58.7 Å². The molecule has 2 aliphatic carbocycles. The maximum absolute atomic E-state index is 11.5. The molecule has 10 heteroatoms. The van der Waals surface area contributed by atoms with Gasteiger partial charge in [-0.15, -0.1) is 0 Å². The topological polar surface area (TPSA) is 108 Å². The Morgan fingerprint density at radius 1 is 0.643 bits per heavy atom. The number of fused-ring (bicyclic) bond motifs is 6. The number of hydrogen-bond donors (Lipinski definition) is 2. The number of benzene rings is 2. The molecule has 2 amide bonds. The van der Waals surface area contributed by atoms with Gasteiger partial charge < -0.3 is 19.3 Å². The van der Waals surface area contributed by atoms with E-state index in [1.165, 1.54) is 33.6 Å². The third-order valence-corrected chi connectivity index (χ3v) is 9.25. The van der Waals surface area contributed by atoms with Crippen molar-refractivity contribution in [2.24, 2.45) is 22.0 Å². The first-order chi connectivity index (χ1) is 20.6. The molecule has 0 saturated carbocycles. The van der Waals surface area contributed by atoms with E-state index in [1.54, 1.807) is 0 Å². The zero-order chi connectivity index (χ0) is 28.5. The van der Waals surface area contributed by atoms with Crippen molar-refractivity contribution in [3.8, 4) is 0 Å². The maximum Gasteiger partial charge on any atom is 0.240 e. The van der Waals surface area contributed by atoms with Crippen molar-refractivity contribution in [2.75, 3.05) is 62.4 Å². The Hall–Kier alpha value is -3.76. The van der Waals surface area contributed by atoms with Gasteiger partial charge in [-0.2, -0.15) is 10.2 Å². The van der Waals surface area contributed by atoms with Crippen LogP contribution in [0.15, 0.2) is 46.6 Å². The van der Waals surface area contributed by atoms with E-state index < -0.39 is 0 Å².